The van der Waals surface area contributed by atoms with Crippen LogP contribution < -0.4 is 18.9 Å². The molecule has 0 bridgehead atoms. The van der Waals surface area contributed by atoms with Crippen LogP contribution >= 0.6 is 0 Å². The monoisotopic (exact) mass is 618 g/mol. The fraction of sp³-hybridized carbons (Fsp3) is 0.241. The number of aromatic nitrogens is 7. The summed E-state index contributed by atoms with van der Waals surface area (Å²) in [5, 5.41) is 23.2. The number of aromatic amines is 1. The third-order valence-electron chi connectivity index (χ3n) is 6.31. The van der Waals surface area contributed by atoms with Gasteiger partial charge in [-0.05, 0) is 57.8 Å². The second-order valence-electron chi connectivity index (χ2n) is 10.4. The van der Waals surface area contributed by atoms with Crippen LogP contribution in [-0.4, -0.2) is 69.4 Å². The van der Waals surface area contributed by atoms with Gasteiger partial charge in [0.05, 0.1) is 18.6 Å². The highest BCUT2D eigenvalue weighted by atomic mass is 32.2. The van der Waals surface area contributed by atoms with Gasteiger partial charge in [0.15, 0.2) is 29.0 Å². The lowest BCUT2D eigenvalue weighted by Gasteiger charge is -2.20. The minimum atomic E-state index is -4.19. The number of para-hydroxylation sites is 2. The number of benzene rings is 2. The number of ether oxygens (including phenoxy) is 3. The van der Waals surface area contributed by atoms with E-state index in [2.05, 4.69) is 40.3 Å². The fourth-order valence-corrected chi connectivity index (χ4v) is 5.07. The normalized spacial score (nSPS) is 11.7. The smallest absolute Gasteiger partial charge is 0.263 e. The van der Waals surface area contributed by atoms with Gasteiger partial charge in [-0.2, -0.15) is 4.98 Å². The van der Waals surface area contributed by atoms with E-state index >= 15 is 0 Å². The molecular formula is C29H30N8O6S. The molecule has 2 aromatic carbocycles. The number of nitrogens with zero attached hydrogens (tertiary/aromatic N) is 6. The van der Waals surface area contributed by atoms with E-state index in [0.29, 0.717) is 22.8 Å². The van der Waals surface area contributed by atoms with Gasteiger partial charge in [0.1, 0.15) is 12.3 Å². The van der Waals surface area contributed by atoms with Crippen LogP contribution in [0.3, 0.4) is 0 Å². The number of hydrogen-bond acceptors (Lipinski definition) is 12. The van der Waals surface area contributed by atoms with Gasteiger partial charge in [-0.1, -0.05) is 45.0 Å². The molecule has 0 unspecified atom stereocenters. The molecule has 0 atom stereocenters. The standard InChI is InChI=1S/C29H30N8O6S/c1-29(2,3)19-9-11-20(12-10-19)44(39,40)35-27-24(43-23-8-6-5-7-22(23)41-4)28(42-16-15-38)32-25(31-27)18-13-14-30-21(17-18)26-33-36-37-34-26/h5-14,17,38H,15-16H2,1-4H3,(H,31,32,35)(H,33,34,36,37). The third-order valence-corrected chi connectivity index (χ3v) is 7.67. The molecule has 0 aliphatic rings. The van der Waals surface area contributed by atoms with Gasteiger partial charge < -0.3 is 19.3 Å². The van der Waals surface area contributed by atoms with E-state index in [1.54, 1.807) is 48.5 Å². The first kappa shape index (κ1) is 30.3. The number of H-pyrrole nitrogens is 1. The van der Waals surface area contributed by atoms with E-state index < -0.39 is 10.0 Å². The molecule has 228 valence electrons. The molecule has 0 aliphatic heterocycles. The molecule has 0 fully saturated rings. The van der Waals surface area contributed by atoms with E-state index in [-0.39, 0.29) is 52.5 Å². The maximum absolute atomic E-state index is 13.7. The molecule has 0 spiro atoms. The number of aliphatic hydroxyl groups excluding tert-OH is 1. The molecule has 0 radical (unpaired) electrons. The third kappa shape index (κ3) is 6.74. The second kappa shape index (κ2) is 12.6. The molecule has 0 amide bonds. The maximum Gasteiger partial charge on any atom is 0.263 e. The van der Waals surface area contributed by atoms with Crippen LogP contribution in [-0.2, 0) is 15.4 Å². The van der Waals surface area contributed by atoms with Gasteiger partial charge in [-0.15, -0.1) is 5.10 Å². The molecule has 15 heteroatoms. The van der Waals surface area contributed by atoms with Crippen LogP contribution in [0.4, 0.5) is 5.82 Å². The van der Waals surface area contributed by atoms with Crippen LogP contribution in [0.5, 0.6) is 23.1 Å². The molecule has 0 saturated carbocycles. The van der Waals surface area contributed by atoms with Crippen molar-refractivity contribution in [2.75, 3.05) is 25.0 Å². The first-order valence-electron chi connectivity index (χ1n) is 13.4. The van der Waals surface area contributed by atoms with Crippen LogP contribution in [0.1, 0.15) is 26.3 Å². The quantitative estimate of drug-likeness (QED) is 0.193. The van der Waals surface area contributed by atoms with Gasteiger partial charge >= 0.3 is 0 Å². The van der Waals surface area contributed by atoms with Crippen molar-refractivity contribution < 1.29 is 27.7 Å². The highest BCUT2D eigenvalue weighted by Crippen LogP contribution is 2.42. The van der Waals surface area contributed by atoms with Crippen LogP contribution in [0.25, 0.3) is 22.9 Å². The van der Waals surface area contributed by atoms with Crippen molar-refractivity contribution in [2.45, 2.75) is 31.1 Å². The highest BCUT2D eigenvalue weighted by molar-refractivity contribution is 7.92. The zero-order chi connectivity index (χ0) is 31.3. The van der Waals surface area contributed by atoms with E-state index in [0.717, 1.165) is 5.56 Å². The first-order chi connectivity index (χ1) is 21.1. The second-order valence-corrected chi connectivity index (χ2v) is 12.1. The fourth-order valence-electron chi connectivity index (χ4n) is 4.06. The number of tetrazole rings is 1. The van der Waals surface area contributed by atoms with Crippen molar-refractivity contribution in [1.29, 1.82) is 0 Å². The van der Waals surface area contributed by atoms with Gasteiger partial charge in [0.2, 0.25) is 5.75 Å². The Labute approximate surface area is 253 Å². The minimum Gasteiger partial charge on any atom is -0.493 e. The summed E-state index contributed by atoms with van der Waals surface area (Å²) in [4.78, 5) is 13.4. The molecule has 44 heavy (non-hydrogen) atoms. The van der Waals surface area contributed by atoms with Gasteiger partial charge in [-0.3, -0.25) is 9.71 Å². The predicted octanol–water partition coefficient (Wildman–Crippen LogP) is 3.99. The minimum absolute atomic E-state index is 0.00995. The Hall–Kier alpha value is -5.15. The van der Waals surface area contributed by atoms with Crippen LogP contribution in [0.15, 0.2) is 71.8 Å². The first-order valence-corrected chi connectivity index (χ1v) is 14.9. The lowest BCUT2D eigenvalue weighted by Crippen LogP contribution is -2.17. The summed E-state index contributed by atoms with van der Waals surface area (Å²) < 4.78 is 47.3. The highest BCUT2D eigenvalue weighted by Gasteiger charge is 2.26. The number of nitrogens with one attached hydrogen (secondary N) is 2. The van der Waals surface area contributed by atoms with E-state index in [1.165, 1.54) is 25.4 Å². The molecule has 3 aromatic heterocycles. The lowest BCUT2D eigenvalue weighted by atomic mass is 9.87. The molecular weight excluding hydrogens is 588 g/mol. The molecule has 14 nitrogen and oxygen atoms in total. The van der Waals surface area contributed by atoms with Gasteiger partial charge in [0, 0.05) is 11.8 Å². The number of pyridine rings is 1. The zero-order valence-electron chi connectivity index (χ0n) is 24.3. The molecule has 0 saturated heterocycles. The van der Waals surface area contributed by atoms with Gasteiger partial charge in [0.25, 0.3) is 15.9 Å². The topological polar surface area (TPSA) is 187 Å². The summed E-state index contributed by atoms with van der Waals surface area (Å²) in [6, 6.07) is 16.6. The Kier molecular flexibility index (Phi) is 8.69. The molecule has 0 aliphatic carbocycles. The summed E-state index contributed by atoms with van der Waals surface area (Å²) in [5.74, 6) is 0.510. The van der Waals surface area contributed by atoms with Crippen molar-refractivity contribution in [3.63, 3.8) is 0 Å². The summed E-state index contributed by atoms with van der Waals surface area (Å²) >= 11 is 0. The summed E-state index contributed by atoms with van der Waals surface area (Å²) in [7, 11) is -2.71. The van der Waals surface area contributed by atoms with Crippen molar-refractivity contribution in [3.8, 4) is 46.0 Å². The van der Waals surface area contributed by atoms with Crippen LogP contribution in [0.2, 0.25) is 0 Å². The zero-order valence-corrected chi connectivity index (χ0v) is 25.2. The van der Waals surface area contributed by atoms with E-state index in [4.69, 9.17) is 14.2 Å². The number of anilines is 1. The number of hydrogen-bond donors (Lipinski definition) is 3. The van der Waals surface area contributed by atoms with Crippen LogP contribution in [0, 0.1) is 0 Å². The van der Waals surface area contributed by atoms with Crippen molar-refractivity contribution >= 4 is 15.8 Å². The van der Waals surface area contributed by atoms with Gasteiger partial charge in [-0.25, -0.2) is 18.5 Å². The average molecular weight is 619 g/mol. The Morgan fingerprint density at radius 1 is 1.00 bits per heavy atom. The largest absolute Gasteiger partial charge is 0.493 e. The van der Waals surface area contributed by atoms with E-state index in [1.807, 2.05) is 20.8 Å². The number of sulfonamides is 1. The molecule has 5 rings (SSSR count). The Balaban J connectivity index is 1.65. The number of aliphatic hydroxyl groups is 1. The van der Waals surface area contributed by atoms with Crippen molar-refractivity contribution in [1.82, 2.24) is 35.6 Å². The SMILES string of the molecule is COc1ccccc1Oc1c(NS(=O)(=O)c2ccc(C(C)(C)C)cc2)nc(-c2ccnc(-c3nnn[nH]3)c2)nc1OCCO. The number of rotatable bonds is 11. The van der Waals surface area contributed by atoms with Crippen molar-refractivity contribution in [2.24, 2.45) is 0 Å². The molecule has 5 aromatic rings. The molecule has 3 N–H and O–H groups in total. The summed E-state index contributed by atoms with van der Waals surface area (Å²) in [5.41, 5.74) is 1.64. The van der Waals surface area contributed by atoms with E-state index in [9.17, 15) is 13.5 Å². The molecule has 3 heterocycles. The lowest BCUT2D eigenvalue weighted by molar-refractivity contribution is 0.192. The maximum atomic E-state index is 13.7. The van der Waals surface area contributed by atoms with Crippen molar-refractivity contribution in [3.05, 3.63) is 72.4 Å². The Morgan fingerprint density at radius 2 is 1.75 bits per heavy atom. The predicted molar refractivity (Wildman–Crippen MR) is 160 cm³/mol. The summed E-state index contributed by atoms with van der Waals surface area (Å²) in [6.07, 6.45) is 1.50. The number of methoxy groups -OCH3 is 1. The Bertz CT molecular complexity index is 1840. The summed E-state index contributed by atoms with van der Waals surface area (Å²) in [6.45, 7) is 5.61. The average Bonchev–Trinajstić information content (AvgIpc) is 3.56. The Morgan fingerprint density at radius 3 is 2.41 bits per heavy atom.